The van der Waals surface area contributed by atoms with Gasteiger partial charge in [0.15, 0.2) is 0 Å². The Bertz CT molecular complexity index is 1400. The van der Waals surface area contributed by atoms with Gasteiger partial charge < -0.3 is 19.3 Å². The Balaban J connectivity index is 2.30. The van der Waals surface area contributed by atoms with Crippen molar-refractivity contribution in [3.05, 3.63) is 56.0 Å². The average Bonchev–Trinajstić information content (AvgIpc) is 3.23. The number of ether oxygens (including phenoxy) is 3. The number of halogens is 1. The molecule has 3 rings (SSSR count). The highest BCUT2D eigenvalue weighted by Gasteiger charge is 2.26. The van der Waals surface area contributed by atoms with Crippen LogP contribution in [0.2, 0.25) is 0 Å². The summed E-state index contributed by atoms with van der Waals surface area (Å²) < 4.78 is 33.2. The Morgan fingerprint density at radius 2 is 2.03 bits per heavy atom. The molecule has 0 aliphatic carbocycles. The maximum Gasteiger partial charge on any atom is 0.332 e. The van der Waals surface area contributed by atoms with E-state index in [1.807, 2.05) is 0 Å². The molecule has 37 heavy (non-hydrogen) atoms. The number of methoxy groups -OCH3 is 2. The van der Waals surface area contributed by atoms with Crippen molar-refractivity contribution in [2.75, 3.05) is 39.2 Å². The summed E-state index contributed by atoms with van der Waals surface area (Å²) in [6.45, 7) is 6.69. The van der Waals surface area contributed by atoms with E-state index in [-0.39, 0.29) is 31.7 Å². The van der Waals surface area contributed by atoms with Crippen molar-refractivity contribution in [2.24, 2.45) is 10.2 Å². The molecule has 1 N–H and O–H groups in total. The summed E-state index contributed by atoms with van der Waals surface area (Å²) in [6.07, 6.45) is 0.681. The van der Waals surface area contributed by atoms with Gasteiger partial charge in [-0.05, 0) is 32.0 Å². The molecule has 0 saturated heterocycles. The van der Waals surface area contributed by atoms with E-state index in [4.69, 9.17) is 14.2 Å². The summed E-state index contributed by atoms with van der Waals surface area (Å²) in [7, 11) is 2.98. The van der Waals surface area contributed by atoms with Gasteiger partial charge in [0.25, 0.3) is 5.56 Å². The molecular weight excluding hydrogens is 505 g/mol. The molecule has 0 fully saturated rings. The van der Waals surface area contributed by atoms with Crippen LogP contribution < -0.4 is 21.1 Å². The van der Waals surface area contributed by atoms with Gasteiger partial charge in [-0.2, -0.15) is 10.2 Å². The Morgan fingerprint density at radius 1 is 1.27 bits per heavy atom. The average molecular weight is 536 g/mol. The summed E-state index contributed by atoms with van der Waals surface area (Å²) in [6, 6.07) is 4.03. The van der Waals surface area contributed by atoms with Crippen molar-refractivity contribution < 1.29 is 23.7 Å². The van der Waals surface area contributed by atoms with Crippen LogP contribution in [0.1, 0.15) is 24.2 Å². The minimum atomic E-state index is -0.838. The van der Waals surface area contributed by atoms with Crippen LogP contribution in [-0.2, 0) is 22.6 Å². The predicted octanol–water partition coefficient (Wildman–Crippen LogP) is 2.51. The van der Waals surface area contributed by atoms with E-state index in [9.17, 15) is 19.1 Å². The quantitative estimate of drug-likeness (QED) is 0.203. The van der Waals surface area contributed by atoms with Gasteiger partial charge in [-0.1, -0.05) is 11.3 Å². The van der Waals surface area contributed by atoms with Crippen LogP contribution in [0.25, 0.3) is 10.2 Å². The van der Waals surface area contributed by atoms with Gasteiger partial charge in [-0.25, -0.2) is 9.18 Å². The molecule has 1 aromatic carbocycles. The molecule has 2 aromatic heterocycles. The molecule has 1 atom stereocenters. The Labute approximate surface area is 216 Å². The van der Waals surface area contributed by atoms with Crippen LogP contribution in [0.4, 0.5) is 9.39 Å². The molecule has 0 saturated carbocycles. The summed E-state index contributed by atoms with van der Waals surface area (Å²) in [5.41, 5.74) is -0.261. The van der Waals surface area contributed by atoms with E-state index in [1.165, 1.54) is 48.3 Å². The third-order valence-corrected chi connectivity index (χ3v) is 6.91. The first-order valence-electron chi connectivity index (χ1n) is 11.4. The minimum Gasteiger partial charge on any atom is -0.496 e. The second-order valence-corrected chi connectivity index (χ2v) is 8.81. The SMILES string of the molecule is C=NN(/N=C\C)c1sc2c(c1C)c(=O)n(CCO)c(=O)n2C[C@H](OCCOC)c1cc(F)ccc1OC. The zero-order valence-corrected chi connectivity index (χ0v) is 22.0. The second kappa shape index (κ2) is 12.7. The van der Waals surface area contributed by atoms with Crippen molar-refractivity contribution in [2.45, 2.75) is 33.0 Å². The summed E-state index contributed by atoms with van der Waals surface area (Å²) in [4.78, 5) is 27.2. The number of rotatable bonds is 13. The molecule has 0 unspecified atom stereocenters. The lowest BCUT2D eigenvalue weighted by Crippen LogP contribution is -2.41. The maximum absolute atomic E-state index is 14.3. The number of thiophene rings is 1. The van der Waals surface area contributed by atoms with Crippen molar-refractivity contribution in [3.63, 3.8) is 0 Å². The monoisotopic (exact) mass is 535 g/mol. The number of benzene rings is 1. The van der Waals surface area contributed by atoms with Gasteiger partial charge in [0.05, 0.1) is 45.4 Å². The number of aliphatic hydroxyl groups is 1. The largest absolute Gasteiger partial charge is 0.496 e. The van der Waals surface area contributed by atoms with Gasteiger partial charge >= 0.3 is 5.69 Å². The molecule has 2 heterocycles. The van der Waals surface area contributed by atoms with Crippen molar-refractivity contribution in [1.82, 2.24) is 9.13 Å². The summed E-state index contributed by atoms with van der Waals surface area (Å²) in [5, 5.41) is 19.6. The molecule has 3 aromatic rings. The van der Waals surface area contributed by atoms with Gasteiger partial charge in [0, 0.05) is 31.2 Å². The molecule has 0 radical (unpaired) electrons. The van der Waals surface area contributed by atoms with Crippen LogP contribution in [-0.4, -0.2) is 61.2 Å². The third-order valence-electron chi connectivity index (χ3n) is 5.63. The topological polar surface area (TPSA) is 120 Å². The highest BCUT2D eigenvalue weighted by atomic mass is 32.1. The number of hydrazone groups is 2. The molecule has 0 amide bonds. The number of fused-ring (bicyclic) bond motifs is 1. The fourth-order valence-electron chi connectivity index (χ4n) is 3.93. The molecule has 0 bridgehead atoms. The van der Waals surface area contributed by atoms with E-state index in [1.54, 1.807) is 13.8 Å². The number of hydrogen-bond donors (Lipinski definition) is 1. The number of hydrogen-bond acceptors (Lipinski definition) is 10. The number of aliphatic hydroxyl groups excluding tert-OH is 1. The summed E-state index contributed by atoms with van der Waals surface area (Å²) >= 11 is 1.14. The van der Waals surface area contributed by atoms with Crippen LogP contribution in [0.5, 0.6) is 5.75 Å². The second-order valence-electron chi connectivity index (χ2n) is 7.83. The van der Waals surface area contributed by atoms with Gasteiger partial charge in [0.1, 0.15) is 27.5 Å². The van der Waals surface area contributed by atoms with Crippen LogP contribution in [0.15, 0.2) is 38.0 Å². The highest BCUT2D eigenvalue weighted by molar-refractivity contribution is 7.22. The molecule has 11 nitrogen and oxygen atoms in total. The first-order valence-corrected chi connectivity index (χ1v) is 12.2. The Morgan fingerprint density at radius 3 is 2.65 bits per heavy atom. The highest BCUT2D eigenvalue weighted by Crippen LogP contribution is 2.37. The van der Waals surface area contributed by atoms with Crippen molar-refractivity contribution in [3.8, 4) is 5.75 Å². The lowest BCUT2D eigenvalue weighted by Gasteiger charge is -2.22. The zero-order chi connectivity index (χ0) is 27.1. The number of anilines is 1. The van der Waals surface area contributed by atoms with E-state index in [0.29, 0.717) is 26.7 Å². The number of aromatic nitrogens is 2. The molecule has 0 spiro atoms. The Hall–Kier alpha value is -3.39. The lowest BCUT2D eigenvalue weighted by atomic mass is 10.1. The van der Waals surface area contributed by atoms with Gasteiger partial charge in [0.2, 0.25) is 0 Å². The number of nitrogens with zero attached hydrogens (tertiary/aromatic N) is 5. The molecule has 200 valence electrons. The van der Waals surface area contributed by atoms with Crippen molar-refractivity contribution >= 4 is 39.5 Å². The standard InChI is InChI=1S/C24H30FN5O6S/c1-6-27-30(26-3)22-15(2)20-21(32)28(9-10-31)24(33)29(23(20)37-22)14-19(36-12-11-34-4)17-13-16(25)7-8-18(17)35-5/h6-8,13,19,31H,3,9-12,14H2,1-2,4-5H3/b27-6-/t19-/m0/s1. The Kier molecular flexibility index (Phi) is 9.69. The van der Waals surface area contributed by atoms with E-state index < -0.39 is 29.8 Å². The zero-order valence-electron chi connectivity index (χ0n) is 21.1. The van der Waals surface area contributed by atoms with Crippen LogP contribution in [0, 0.1) is 12.7 Å². The van der Waals surface area contributed by atoms with E-state index in [2.05, 4.69) is 16.9 Å². The van der Waals surface area contributed by atoms with E-state index in [0.717, 1.165) is 15.9 Å². The first kappa shape index (κ1) is 28.2. The third kappa shape index (κ3) is 5.80. The minimum absolute atomic E-state index is 0.0808. The summed E-state index contributed by atoms with van der Waals surface area (Å²) in [5.74, 6) is -0.127. The molecule has 0 aliphatic rings. The lowest BCUT2D eigenvalue weighted by molar-refractivity contribution is 0.00640. The fraction of sp³-hybridized carbons (Fsp3) is 0.417. The van der Waals surface area contributed by atoms with Gasteiger partial charge in [-0.3, -0.25) is 13.9 Å². The maximum atomic E-state index is 14.3. The predicted molar refractivity (Wildman–Crippen MR) is 142 cm³/mol. The molecule has 0 aliphatic heterocycles. The fourth-order valence-corrected chi connectivity index (χ4v) is 5.16. The first-order chi connectivity index (χ1) is 17.8. The van der Waals surface area contributed by atoms with Gasteiger partial charge in [-0.15, -0.1) is 5.12 Å². The number of aryl methyl sites for hydroxylation is 1. The molecular formula is C24H30FN5O6S. The smallest absolute Gasteiger partial charge is 0.332 e. The van der Waals surface area contributed by atoms with Crippen LogP contribution in [0.3, 0.4) is 0 Å². The normalized spacial score (nSPS) is 12.4. The van der Waals surface area contributed by atoms with Crippen LogP contribution >= 0.6 is 11.3 Å². The van der Waals surface area contributed by atoms with E-state index >= 15 is 0 Å². The molecule has 13 heteroatoms. The van der Waals surface area contributed by atoms with Crippen molar-refractivity contribution in [1.29, 1.82) is 0 Å².